The fourth-order valence-electron chi connectivity index (χ4n) is 2.24. The first kappa shape index (κ1) is 15.6. The van der Waals surface area contributed by atoms with Gasteiger partial charge >= 0.3 is 0 Å². The van der Waals surface area contributed by atoms with E-state index in [4.69, 9.17) is 20.9 Å². The van der Waals surface area contributed by atoms with E-state index in [-0.39, 0.29) is 0 Å². The highest BCUT2D eigenvalue weighted by Gasteiger charge is 2.07. The first-order valence-electron chi connectivity index (χ1n) is 7.56. The predicted molar refractivity (Wildman–Crippen MR) is 91.8 cm³/mol. The minimum absolute atomic E-state index is 0.349. The quantitative estimate of drug-likeness (QED) is 0.603. The largest absolute Gasteiger partial charge is 0.486 e. The van der Waals surface area contributed by atoms with Crippen molar-refractivity contribution in [2.75, 3.05) is 0 Å². The Morgan fingerprint density at radius 1 is 1.04 bits per heavy atom. The fraction of sp³-hybridized carbons (Fsp3) is 0.211. The van der Waals surface area contributed by atoms with Gasteiger partial charge in [-0.15, -0.1) is 0 Å². The maximum Gasteiger partial charge on any atom is 0.174 e. The minimum Gasteiger partial charge on any atom is -0.486 e. The Hall–Kier alpha value is -2.26. The molecule has 1 heterocycles. The van der Waals surface area contributed by atoms with Gasteiger partial charge in [0, 0.05) is 16.7 Å². The summed E-state index contributed by atoms with van der Waals surface area (Å²) in [6.07, 6.45) is 0. The summed E-state index contributed by atoms with van der Waals surface area (Å²) in [7, 11) is 0. The highest BCUT2D eigenvalue weighted by Crippen LogP contribution is 2.23. The first-order valence-corrected chi connectivity index (χ1v) is 7.94. The van der Waals surface area contributed by atoms with E-state index in [1.807, 2.05) is 42.5 Å². The van der Waals surface area contributed by atoms with Gasteiger partial charge in [-0.1, -0.05) is 54.9 Å². The van der Waals surface area contributed by atoms with Crippen LogP contribution < -0.4 is 4.74 Å². The average Bonchev–Trinajstić information content (AvgIpc) is 3.03. The zero-order chi connectivity index (χ0) is 16.2. The molecule has 0 aliphatic heterocycles. The van der Waals surface area contributed by atoms with E-state index < -0.39 is 0 Å². The van der Waals surface area contributed by atoms with Gasteiger partial charge < -0.3 is 9.26 Å². The summed E-state index contributed by atoms with van der Waals surface area (Å²) in [6.45, 7) is 4.69. The van der Waals surface area contributed by atoms with E-state index in [0.29, 0.717) is 23.3 Å². The maximum absolute atomic E-state index is 5.89. The molecule has 118 valence electrons. The molecule has 3 nitrogen and oxygen atoms in total. The van der Waals surface area contributed by atoms with E-state index in [9.17, 15) is 0 Å². The van der Waals surface area contributed by atoms with Crippen LogP contribution in [-0.2, 0) is 6.61 Å². The molecule has 0 fully saturated rings. The van der Waals surface area contributed by atoms with Crippen LogP contribution in [0.2, 0.25) is 5.02 Å². The van der Waals surface area contributed by atoms with Crippen LogP contribution in [0.25, 0.3) is 11.3 Å². The van der Waals surface area contributed by atoms with Crippen molar-refractivity contribution in [2.24, 2.45) is 0 Å². The zero-order valence-electron chi connectivity index (χ0n) is 13.1. The van der Waals surface area contributed by atoms with Crippen LogP contribution in [0.15, 0.2) is 59.1 Å². The Morgan fingerprint density at radius 3 is 2.39 bits per heavy atom. The molecule has 0 saturated heterocycles. The number of rotatable bonds is 5. The molecule has 0 aliphatic rings. The molecule has 0 amide bonds. The van der Waals surface area contributed by atoms with Crippen LogP contribution in [0.1, 0.15) is 31.1 Å². The number of aromatic nitrogens is 1. The summed E-state index contributed by atoms with van der Waals surface area (Å²) >= 11 is 5.89. The molecule has 0 spiro atoms. The normalized spacial score (nSPS) is 11.0. The van der Waals surface area contributed by atoms with Crippen molar-refractivity contribution in [1.29, 1.82) is 0 Å². The van der Waals surface area contributed by atoms with E-state index in [1.165, 1.54) is 5.56 Å². The second kappa shape index (κ2) is 6.88. The van der Waals surface area contributed by atoms with Gasteiger partial charge in [0.25, 0.3) is 0 Å². The van der Waals surface area contributed by atoms with Crippen molar-refractivity contribution in [3.8, 4) is 17.0 Å². The summed E-state index contributed by atoms with van der Waals surface area (Å²) in [5.74, 6) is 2.02. The third kappa shape index (κ3) is 3.93. The number of benzene rings is 2. The molecule has 3 aromatic rings. The minimum atomic E-state index is 0.349. The number of hydrogen-bond donors (Lipinski definition) is 0. The zero-order valence-corrected chi connectivity index (χ0v) is 13.9. The number of hydrogen-bond acceptors (Lipinski definition) is 3. The highest BCUT2D eigenvalue weighted by molar-refractivity contribution is 6.30. The van der Waals surface area contributed by atoms with Gasteiger partial charge in [0.1, 0.15) is 18.1 Å². The molecule has 23 heavy (non-hydrogen) atoms. The molecule has 1 aromatic heterocycles. The van der Waals surface area contributed by atoms with Gasteiger partial charge in [0.15, 0.2) is 5.76 Å². The Kier molecular flexibility index (Phi) is 4.68. The average molecular weight is 328 g/mol. The lowest BCUT2D eigenvalue weighted by atomic mass is 10.0. The van der Waals surface area contributed by atoms with Crippen LogP contribution in [-0.4, -0.2) is 5.16 Å². The molecule has 0 N–H and O–H groups in total. The second-order valence-electron chi connectivity index (χ2n) is 5.70. The van der Waals surface area contributed by atoms with Gasteiger partial charge in [-0.2, -0.15) is 0 Å². The van der Waals surface area contributed by atoms with Crippen molar-refractivity contribution < 1.29 is 9.26 Å². The Labute approximate surface area is 140 Å². The van der Waals surface area contributed by atoms with Crippen molar-refractivity contribution in [1.82, 2.24) is 5.16 Å². The topological polar surface area (TPSA) is 35.3 Å². The SMILES string of the molecule is CC(C)c1ccc(OCc2cc(-c3ccc(Cl)cc3)no2)cc1. The number of halogens is 1. The van der Waals surface area contributed by atoms with Gasteiger partial charge in [-0.05, 0) is 35.7 Å². The highest BCUT2D eigenvalue weighted by atomic mass is 35.5. The third-order valence-corrected chi connectivity index (χ3v) is 3.88. The van der Waals surface area contributed by atoms with Crippen LogP contribution in [0.5, 0.6) is 5.75 Å². The molecule has 4 heteroatoms. The molecule has 2 aromatic carbocycles. The molecule has 0 radical (unpaired) electrons. The van der Waals surface area contributed by atoms with E-state index in [0.717, 1.165) is 17.0 Å². The molecule has 3 rings (SSSR count). The second-order valence-corrected chi connectivity index (χ2v) is 6.13. The molecular weight excluding hydrogens is 310 g/mol. The molecule has 0 unspecified atom stereocenters. The number of ether oxygens (including phenoxy) is 1. The van der Waals surface area contributed by atoms with Crippen molar-refractivity contribution in [3.63, 3.8) is 0 Å². The maximum atomic E-state index is 5.89. The molecule has 0 saturated carbocycles. The summed E-state index contributed by atoms with van der Waals surface area (Å²) in [4.78, 5) is 0. The molecular formula is C19H18ClNO2. The van der Waals surface area contributed by atoms with Crippen LogP contribution in [0.4, 0.5) is 0 Å². The summed E-state index contributed by atoms with van der Waals surface area (Å²) in [5, 5.41) is 4.77. The Morgan fingerprint density at radius 2 is 1.74 bits per heavy atom. The van der Waals surface area contributed by atoms with Crippen molar-refractivity contribution >= 4 is 11.6 Å². The first-order chi connectivity index (χ1) is 11.1. The van der Waals surface area contributed by atoms with E-state index >= 15 is 0 Å². The smallest absolute Gasteiger partial charge is 0.174 e. The van der Waals surface area contributed by atoms with Gasteiger partial charge in [-0.3, -0.25) is 0 Å². The van der Waals surface area contributed by atoms with Crippen LogP contribution in [0, 0.1) is 0 Å². The van der Waals surface area contributed by atoms with Gasteiger partial charge in [0.2, 0.25) is 0 Å². The van der Waals surface area contributed by atoms with Gasteiger partial charge in [-0.25, -0.2) is 0 Å². The standard InChI is InChI=1S/C19H18ClNO2/c1-13(2)14-5-9-17(10-6-14)22-12-18-11-19(21-23-18)15-3-7-16(20)8-4-15/h3-11,13H,12H2,1-2H3. The Bertz CT molecular complexity index is 761. The van der Waals surface area contributed by atoms with Gasteiger partial charge in [0.05, 0.1) is 0 Å². The number of nitrogens with zero attached hydrogens (tertiary/aromatic N) is 1. The van der Waals surface area contributed by atoms with E-state index in [1.54, 1.807) is 0 Å². The fourth-order valence-corrected chi connectivity index (χ4v) is 2.37. The lowest BCUT2D eigenvalue weighted by molar-refractivity contribution is 0.249. The lowest BCUT2D eigenvalue weighted by Gasteiger charge is -2.07. The summed E-state index contributed by atoms with van der Waals surface area (Å²) < 4.78 is 11.1. The summed E-state index contributed by atoms with van der Waals surface area (Å²) in [5.41, 5.74) is 3.03. The van der Waals surface area contributed by atoms with E-state index in [2.05, 4.69) is 31.1 Å². The molecule has 0 aliphatic carbocycles. The third-order valence-electron chi connectivity index (χ3n) is 3.63. The summed E-state index contributed by atoms with van der Waals surface area (Å²) in [6, 6.07) is 17.5. The van der Waals surface area contributed by atoms with Crippen molar-refractivity contribution in [3.05, 3.63) is 70.9 Å². The molecule has 0 atom stereocenters. The monoisotopic (exact) mass is 327 g/mol. The van der Waals surface area contributed by atoms with Crippen LogP contribution in [0.3, 0.4) is 0 Å². The predicted octanol–water partition coefficient (Wildman–Crippen LogP) is 5.70. The van der Waals surface area contributed by atoms with Crippen molar-refractivity contribution in [2.45, 2.75) is 26.4 Å². The van der Waals surface area contributed by atoms with Crippen LogP contribution >= 0.6 is 11.6 Å². The Balaban J connectivity index is 1.64. The lowest BCUT2D eigenvalue weighted by Crippen LogP contribution is -1.94. The molecule has 0 bridgehead atoms.